The highest BCUT2D eigenvalue weighted by Gasteiger charge is 2.45. The number of anilines is 1. The second kappa shape index (κ2) is 18.4. The number of hydrogen-bond acceptors (Lipinski definition) is 14. The number of hydrogen-bond donors (Lipinski definition) is 5. The van der Waals surface area contributed by atoms with Crippen molar-refractivity contribution in [1.29, 1.82) is 0 Å². The Morgan fingerprint density at radius 2 is 1.48 bits per heavy atom. The zero-order chi connectivity index (χ0) is 44.7. The molecule has 16 nitrogen and oxygen atoms in total. The van der Waals surface area contributed by atoms with Gasteiger partial charge in [-0.15, -0.1) is 37.9 Å². The van der Waals surface area contributed by atoms with Crippen LogP contribution in [0.2, 0.25) is 0 Å². The van der Waals surface area contributed by atoms with Crippen molar-refractivity contribution in [1.82, 2.24) is 34.8 Å². The molecule has 1 unspecified atom stereocenters. The fraction of sp³-hybridized carbons (Fsp3) is 0.500. The Bertz CT molecular complexity index is 2360. The minimum Gasteiger partial charge on any atom is -0.496 e. The number of urea groups is 1. The van der Waals surface area contributed by atoms with Crippen molar-refractivity contribution in [3.8, 4) is 22.6 Å². The number of carbonyl (C=O) groups is 5. The van der Waals surface area contributed by atoms with Gasteiger partial charge in [0, 0.05) is 88.8 Å². The number of nitrogens with zero attached hydrogens (tertiary/aromatic N) is 6. The summed E-state index contributed by atoms with van der Waals surface area (Å²) in [6, 6.07) is 8.07. The second-order valence-electron chi connectivity index (χ2n) is 16.9. The smallest absolute Gasteiger partial charge is 0.317 e. The van der Waals surface area contributed by atoms with Crippen LogP contribution in [0.25, 0.3) is 11.1 Å². The molecule has 0 aliphatic carbocycles. The summed E-state index contributed by atoms with van der Waals surface area (Å²) in [5, 5.41) is 4.90. The molecule has 6 heterocycles. The van der Waals surface area contributed by atoms with Crippen LogP contribution in [0.15, 0.2) is 41.3 Å². The molecule has 336 valence electrons. The Morgan fingerprint density at radius 3 is 2.11 bits per heavy atom. The Labute approximate surface area is 382 Å². The predicted octanol–water partition coefficient (Wildman–Crippen LogP) is 3.41. The summed E-state index contributed by atoms with van der Waals surface area (Å²) < 4.78 is 12.0. The van der Waals surface area contributed by atoms with Gasteiger partial charge in [0.15, 0.2) is 3.54 Å². The van der Waals surface area contributed by atoms with Crippen molar-refractivity contribution >= 4 is 73.2 Å². The van der Waals surface area contributed by atoms with Gasteiger partial charge in [0.1, 0.15) is 17.5 Å². The predicted molar refractivity (Wildman–Crippen MR) is 247 cm³/mol. The summed E-state index contributed by atoms with van der Waals surface area (Å²) in [6.45, 7) is 7.62. The van der Waals surface area contributed by atoms with Crippen LogP contribution in [0, 0.1) is 5.92 Å². The minimum absolute atomic E-state index is 0.0871. The third kappa shape index (κ3) is 9.03. The molecule has 0 spiro atoms. The monoisotopic (exact) mass is 918 g/mol. The molecule has 19 heteroatoms. The van der Waals surface area contributed by atoms with E-state index >= 15 is 0 Å². The summed E-state index contributed by atoms with van der Waals surface area (Å²) in [6.07, 6.45) is 5.59. The zero-order valence-electron chi connectivity index (χ0n) is 35.7. The first-order valence-electron chi connectivity index (χ1n) is 21.4. The molecule has 1 aromatic heterocycles. The van der Waals surface area contributed by atoms with Crippen molar-refractivity contribution in [2.45, 2.75) is 61.2 Å². The number of piperazine rings is 1. The standard InChI is InChI=1S/C44H54N8O8S3/c1-45-43(58)50-15-11-29-32(25-51(44(61,62)63)40(55)33(29)24-50)27-20-36(59-2)34(37(21-27)60-3)23-48-18-16-47(17-19-48)12-8-26-9-13-49(14-10-26)28-4-5-30-31(22-28)42(57)52(41(30)56)35-6-7-38(53)46-39(35)54/h4-5,20-22,25-26,35,61-63H,6-19,23-24H2,1-3H3,(H,45,58)(H,46,53,54). The number of imide groups is 2. The molecule has 1 atom stereocenters. The SMILES string of the molecule is CNC(=O)N1CCc2c(-c3cc(OC)c(CN4CCN(CCC5CCN(c6ccc7c(c6)C(=O)N(C6CCC(=O)NC6=O)C7=O)CC5)CC4)c(OC)c3)cn(C(S)(S)S)c(=O)c2C1. The van der Waals surface area contributed by atoms with Crippen LogP contribution in [-0.4, -0.2) is 133 Å². The Balaban J connectivity index is 0.861. The number of amides is 6. The highest BCUT2D eigenvalue weighted by Crippen LogP contribution is 2.40. The van der Waals surface area contributed by atoms with E-state index in [1.54, 1.807) is 44.5 Å². The molecule has 0 bridgehead atoms. The first-order chi connectivity index (χ1) is 30.2. The van der Waals surface area contributed by atoms with E-state index in [4.69, 9.17) is 9.47 Å². The number of nitrogens with one attached hydrogen (secondary N) is 2. The number of rotatable bonds is 11. The Kier molecular flexibility index (Phi) is 13.1. The Hall–Kier alpha value is -4.69. The van der Waals surface area contributed by atoms with Gasteiger partial charge in [-0.05, 0) is 86.0 Å². The van der Waals surface area contributed by atoms with E-state index in [1.807, 2.05) is 18.2 Å². The summed E-state index contributed by atoms with van der Waals surface area (Å²) in [5.41, 5.74) is 5.07. The largest absolute Gasteiger partial charge is 0.496 e. The van der Waals surface area contributed by atoms with Crippen LogP contribution in [0.1, 0.15) is 69.5 Å². The highest BCUT2D eigenvalue weighted by molar-refractivity contribution is 8.15. The van der Waals surface area contributed by atoms with Crippen molar-refractivity contribution in [3.05, 3.63) is 74.7 Å². The molecule has 2 N–H and O–H groups in total. The number of piperidine rings is 2. The molecule has 3 aromatic rings. The lowest BCUT2D eigenvalue weighted by Gasteiger charge is -2.37. The lowest BCUT2D eigenvalue weighted by atomic mass is 9.91. The molecule has 63 heavy (non-hydrogen) atoms. The molecule has 5 aliphatic rings. The fourth-order valence-electron chi connectivity index (χ4n) is 9.66. The first kappa shape index (κ1) is 44.9. The van der Waals surface area contributed by atoms with Gasteiger partial charge in [0.2, 0.25) is 11.8 Å². The quantitative estimate of drug-likeness (QED) is 0.109. The molecular weight excluding hydrogens is 865 g/mol. The van der Waals surface area contributed by atoms with Gasteiger partial charge in [-0.3, -0.25) is 43.7 Å². The molecule has 0 radical (unpaired) electrons. The van der Waals surface area contributed by atoms with E-state index < -0.39 is 33.2 Å². The van der Waals surface area contributed by atoms with Crippen LogP contribution in [-0.2, 0) is 32.6 Å². The van der Waals surface area contributed by atoms with E-state index in [0.29, 0.717) is 53.6 Å². The van der Waals surface area contributed by atoms with Crippen LogP contribution in [0.4, 0.5) is 10.5 Å². The van der Waals surface area contributed by atoms with Crippen molar-refractivity contribution in [3.63, 3.8) is 0 Å². The maximum atomic E-state index is 13.7. The number of pyridine rings is 1. The van der Waals surface area contributed by atoms with Crippen LogP contribution in [0.5, 0.6) is 11.5 Å². The van der Waals surface area contributed by atoms with Crippen LogP contribution >= 0.6 is 37.9 Å². The number of aromatic nitrogens is 1. The third-order valence-corrected chi connectivity index (χ3v) is 13.9. The summed E-state index contributed by atoms with van der Waals surface area (Å²) in [7, 11) is 4.87. The number of methoxy groups -OCH3 is 2. The normalized spacial score (nSPS) is 20.2. The van der Waals surface area contributed by atoms with Crippen molar-refractivity contribution in [2.24, 2.45) is 5.92 Å². The minimum atomic E-state index is -1.39. The molecule has 5 aliphatic heterocycles. The van der Waals surface area contributed by atoms with Crippen LogP contribution in [0.3, 0.4) is 0 Å². The summed E-state index contributed by atoms with van der Waals surface area (Å²) in [4.78, 5) is 86.7. The molecule has 8 rings (SSSR count). The molecule has 3 fully saturated rings. The number of fused-ring (bicyclic) bond motifs is 2. The van der Waals surface area contributed by atoms with E-state index in [9.17, 15) is 28.8 Å². The van der Waals surface area contributed by atoms with Gasteiger partial charge in [-0.1, -0.05) is 0 Å². The summed E-state index contributed by atoms with van der Waals surface area (Å²) in [5.74, 6) is -0.0508. The topological polar surface area (TPSA) is 166 Å². The lowest BCUT2D eigenvalue weighted by molar-refractivity contribution is -0.136. The second-order valence-corrected chi connectivity index (χ2v) is 19.9. The van der Waals surface area contributed by atoms with Crippen LogP contribution < -0.4 is 30.6 Å². The molecule has 6 amide bonds. The van der Waals surface area contributed by atoms with Gasteiger partial charge in [0.05, 0.1) is 37.5 Å². The van der Waals surface area contributed by atoms with Gasteiger partial charge < -0.3 is 29.5 Å². The molecule has 2 aromatic carbocycles. The van der Waals surface area contributed by atoms with Crippen molar-refractivity contribution in [2.75, 3.05) is 78.5 Å². The molecule has 0 saturated carbocycles. The van der Waals surface area contributed by atoms with E-state index in [2.05, 4.69) is 63.2 Å². The number of carbonyl (C=O) groups excluding carboxylic acids is 5. The zero-order valence-corrected chi connectivity index (χ0v) is 38.4. The Morgan fingerprint density at radius 1 is 0.810 bits per heavy atom. The van der Waals surface area contributed by atoms with E-state index in [-0.39, 0.29) is 31.0 Å². The van der Waals surface area contributed by atoms with Crippen molar-refractivity contribution < 1.29 is 33.4 Å². The number of ether oxygens (including phenoxy) is 2. The first-order valence-corrected chi connectivity index (χ1v) is 22.7. The highest BCUT2D eigenvalue weighted by atomic mass is 32.2. The van der Waals surface area contributed by atoms with Gasteiger partial charge in [-0.25, -0.2) is 4.79 Å². The van der Waals surface area contributed by atoms with E-state index in [0.717, 1.165) is 97.9 Å². The molecular formula is C44H54N8O8S3. The maximum Gasteiger partial charge on any atom is 0.317 e. The van der Waals surface area contributed by atoms with Gasteiger partial charge in [-0.2, -0.15) is 0 Å². The molecule has 3 saturated heterocycles. The number of benzene rings is 2. The fourth-order valence-corrected chi connectivity index (χ4v) is 10.1. The lowest BCUT2D eigenvalue weighted by Crippen LogP contribution is -2.54. The summed E-state index contributed by atoms with van der Waals surface area (Å²) >= 11 is 13.5. The number of thiol groups is 3. The van der Waals surface area contributed by atoms with Gasteiger partial charge in [0.25, 0.3) is 17.4 Å². The average molecular weight is 919 g/mol. The average Bonchev–Trinajstić information content (AvgIpc) is 3.53. The van der Waals surface area contributed by atoms with Gasteiger partial charge >= 0.3 is 6.03 Å². The third-order valence-electron chi connectivity index (χ3n) is 13.3. The maximum absolute atomic E-state index is 13.7. The van der Waals surface area contributed by atoms with E-state index in [1.165, 1.54) is 4.57 Å².